The van der Waals surface area contributed by atoms with Crippen molar-refractivity contribution in [3.8, 4) is 11.1 Å². The summed E-state index contributed by atoms with van der Waals surface area (Å²) in [6.07, 6.45) is -1.58. The van der Waals surface area contributed by atoms with Gasteiger partial charge in [0.15, 0.2) is 0 Å². The number of ether oxygens (including phenoxy) is 1. The van der Waals surface area contributed by atoms with Crippen LogP contribution in [0.1, 0.15) is 22.8 Å². The van der Waals surface area contributed by atoms with Gasteiger partial charge in [0.25, 0.3) is 0 Å². The lowest BCUT2D eigenvalue weighted by molar-refractivity contribution is -0.137. The van der Waals surface area contributed by atoms with E-state index >= 15 is 0 Å². The van der Waals surface area contributed by atoms with Gasteiger partial charge in [-0.05, 0) is 48.4 Å². The van der Waals surface area contributed by atoms with E-state index < -0.39 is 17.7 Å². The van der Waals surface area contributed by atoms with Gasteiger partial charge >= 0.3 is 12.1 Å². The molecule has 1 heterocycles. The number of halogens is 3. The van der Waals surface area contributed by atoms with Gasteiger partial charge in [-0.15, -0.1) is 0 Å². The Morgan fingerprint density at radius 1 is 1.19 bits per heavy atom. The molecule has 0 fully saturated rings. The molecule has 3 nitrogen and oxygen atoms in total. The SMILES string of the molecule is CCOC(=O)c1ccc(C(F)(F)F)cc1-c1ccncc1. The number of esters is 1. The van der Waals surface area contributed by atoms with Crippen molar-refractivity contribution in [2.24, 2.45) is 0 Å². The molecule has 1 aromatic heterocycles. The number of rotatable bonds is 3. The smallest absolute Gasteiger partial charge is 0.416 e. The summed E-state index contributed by atoms with van der Waals surface area (Å²) in [6, 6.07) is 6.03. The minimum atomic E-state index is -4.48. The van der Waals surface area contributed by atoms with E-state index in [-0.39, 0.29) is 17.7 Å². The number of pyridine rings is 1. The van der Waals surface area contributed by atoms with Crippen molar-refractivity contribution in [2.45, 2.75) is 13.1 Å². The number of hydrogen-bond acceptors (Lipinski definition) is 3. The summed E-state index contributed by atoms with van der Waals surface area (Å²) in [5.74, 6) is -0.655. The number of hydrogen-bond donors (Lipinski definition) is 0. The van der Waals surface area contributed by atoms with Gasteiger partial charge in [-0.3, -0.25) is 4.98 Å². The van der Waals surface area contributed by atoms with E-state index in [2.05, 4.69) is 4.98 Å². The second-order valence-electron chi connectivity index (χ2n) is 4.21. The molecular formula is C15H12F3NO2. The summed E-state index contributed by atoms with van der Waals surface area (Å²) in [5.41, 5.74) is -0.0803. The Hall–Kier alpha value is -2.37. The van der Waals surface area contributed by atoms with Gasteiger partial charge < -0.3 is 4.74 Å². The lowest BCUT2D eigenvalue weighted by atomic mass is 9.98. The number of carbonyl (C=O) groups is 1. The number of benzene rings is 1. The van der Waals surface area contributed by atoms with Crippen molar-refractivity contribution < 1.29 is 22.7 Å². The lowest BCUT2D eigenvalue weighted by Crippen LogP contribution is -2.10. The Balaban J connectivity index is 2.59. The molecule has 0 atom stereocenters. The third kappa shape index (κ3) is 3.39. The Bertz CT molecular complexity index is 639. The number of aromatic nitrogens is 1. The van der Waals surface area contributed by atoms with Crippen LogP contribution in [0.15, 0.2) is 42.7 Å². The van der Waals surface area contributed by atoms with Crippen LogP contribution in [0.2, 0.25) is 0 Å². The average molecular weight is 295 g/mol. The molecule has 21 heavy (non-hydrogen) atoms. The average Bonchev–Trinajstić information content (AvgIpc) is 2.47. The first-order valence-electron chi connectivity index (χ1n) is 6.22. The van der Waals surface area contributed by atoms with Crippen molar-refractivity contribution in [3.63, 3.8) is 0 Å². The molecule has 0 aliphatic carbocycles. The van der Waals surface area contributed by atoms with Gasteiger partial charge in [-0.1, -0.05) is 0 Å². The fraction of sp³-hybridized carbons (Fsp3) is 0.200. The van der Waals surface area contributed by atoms with Crippen LogP contribution in [0.5, 0.6) is 0 Å². The Morgan fingerprint density at radius 3 is 2.43 bits per heavy atom. The van der Waals surface area contributed by atoms with E-state index in [0.717, 1.165) is 18.2 Å². The number of nitrogens with zero attached hydrogens (tertiary/aromatic N) is 1. The number of carbonyl (C=O) groups excluding carboxylic acids is 1. The van der Waals surface area contributed by atoms with Crippen molar-refractivity contribution >= 4 is 5.97 Å². The topological polar surface area (TPSA) is 39.2 Å². The fourth-order valence-electron chi connectivity index (χ4n) is 1.88. The summed E-state index contributed by atoms with van der Waals surface area (Å²) >= 11 is 0. The van der Waals surface area contributed by atoms with Crippen molar-refractivity contribution in [3.05, 3.63) is 53.9 Å². The van der Waals surface area contributed by atoms with Crippen LogP contribution in [0, 0.1) is 0 Å². The highest BCUT2D eigenvalue weighted by Gasteiger charge is 2.31. The summed E-state index contributed by atoms with van der Waals surface area (Å²) < 4.78 is 43.4. The molecule has 2 rings (SSSR count). The second kappa shape index (κ2) is 5.95. The maximum atomic E-state index is 12.8. The van der Waals surface area contributed by atoms with Crippen molar-refractivity contribution in [1.29, 1.82) is 0 Å². The molecule has 0 unspecified atom stereocenters. The van der Waals surface area contributed by atoms with E-state index in [0.29, 0.717) is 5.56 Å². The van der Waals surface area contributed by atoms with Crippen LogP contribution in [-0.4, -0.2) is 17.6 Å². The van der Waals surface area contributed by atoms with Crippen LogP contribution >= 0.6 is 0 Å². The summed E-state index contributed by atoms with van der Waals surface area (Å²) in [7, 11) is 0. The normalized spacial score (nSPS) is 11.2. The molecule has 0 aliphatic heterocycles. The highest BCUT2D eigenvalue weighted by atomic mass is 19.4. The zero-order chi connectivity index (χ0) is 15.5. The highest BCUT2D eigenvalue weighted by molar-refractivity contribution is 5.97. The Kier molecular flexibility index (Phi) is 4.26. The van der Waals surface area contributed by atoms with Crippen LogP contribution in [0.3, 0.4) is 0 Å². The molecule has 2 aromatic rings. The van der Waals surface area contributed by atoms with E-state index in [1.807, 2.05) is 0 Å². The zero-order valence-corrected chi connectivity index (χ0v) is 11.1. The zero-order valence-electron chi connectivity index (χ0n) is 11.1. The van der Waals surface area contributed by atoms with Crippen LogP contribution in [0.4, 0.5) is 13.2 Å². The minimum absolute atomic E-state index is 0.0936. The molecule has 1 aromatic carbocycles. The highest BCUT2D eigenvalue weighted by Crippen LogP contribution is 2.34. The predicted molar refractivity (Wildman–Crippen MR) is 70.6 cm³/mol. The molecule has 0 saturated carbocycles. The number of alkyl halides is 3. The first kappa shape index (κ1) is 15.0. The molecule has 0 N–H and O–H groups in total. The summed E-state index contributed by atoms with van der Waals surface area (Å²) in [6.45, 7) is 1.78. The maximum absolute atomic E-state index is 12.8. The first-order valence-corrected chi connectivity index (χ1v) is 6.22. The molecule has 0 bridgehead atoms. The van der Waals surface area contributed by atoms with E-state index in [1.54, 1.807) is 6.92 Å². The second-order valence-corrected chi connectivity index (χ2v) is 4.21. The third-order valence-corrected chi connectivity index (χ3v) is 2.83. The summed E-state index contributed by atoms with van der Waals surface area (Å²) in [5, 5.41) is 0. The van der Waals surface area contributed by atoms with Crippen molar-refractivity contribution in [2.75, 3.05) is 6.61 Å². The fourth-order valence-corrected chi connectivity index (χ4v) is 1.88. The summed E-state index contributed by atoms with van der Waals surface area (Å²) in [4.78, 5) is 15.7. The molecule has 0 saturated heterocycles. The van der Waals surface area contributed by atoms with Crippen LogP contribution in [-0.2, 0) is 10.9 Å². The van der Waals surface area contributed by atoms with Crippen LogP contribution < -0.4 is 0 Å². The third-order valence-electron chi connectivity index (χ3n) is 2.83. The molecule has 6 heteroatoms. The monoisotopic (exact) mass is 295 g/mol. The Morgan fingerprint density at radius 2 is 1.86 bits per heavy atom. The molecule has 110 valence electrons. The van der Waals surface area contributed by atoms with Crippen molar-refractivity contribution in [1.82, 2.24) is 4.98 Å². The standard InChI is InChI=1S/C15H12F3NO2/c1-2-21-14(20)12-4-3-11(15(16,17)18)9-13(12)10-5-7-19-8-6-10/h3-9H,2H2,1H3. The van der Waals surface area contributed by atoms with Gasteiger partial charge in [-0.2, -0.15) is 13.2 Å². The van der Waals surface area contributed by atoms with E-state index in [9.17, 15) is 18.0 Å². The van der Waals surface area contributed by atoms with Gasteiger partial charge in [-0.25, -0.2) is 4.79 Å². The lowest BCUT2D eigenvalue weighted by Gasteiger charge is -2.13. The predicted octanol–water partition coefficient (Wildman–Crippen LogP) is 3.94. The largest absolute Gasteiger partial charge is 0.462 e. The Labute approximate surface area is 119 Å². The minimum Gasteiger partial charge on any atom is -0.462 e. The van der Waals surface area contributed by atoms with Gasteiger partial charge in [0, 0.05) is 12.4 Å². The van der Waals surface area contributed by atoms with Gasteiger partial charge in [0.05, 0.1) is 17.7 Å². The molecule has 0 radical (unpaired) electrons. The molecule has 0 amide bonds. The molecule has 0 aliphatic rings. The molecular weight excluding hydrogens is 283 g/mol. The molecule has 0 spiro atoms. The van der Waals surface area contributed by atoms with Gasteiger partial charge in [0.2, 0.25) is 0 Å². The van der Waals surface area contributed by atoms with Crippen LogP contribution in [0.25, 0.3) is 11.1 Å². The van der Waals surface area contributed by atoms with E-state index in [1.165, 1.54) is 24.5 Å². The van der Waals surface area contributed by atoms with Gasteiger partial charge in [0.1, 0.15) is 0 Å². The van der Waals surface area contributed by atoms with E-state index in [4.69, 9.17) is 4.74 Å². The quantitative estimate of drug-likeness (QED) is 0.805. The first-order chi connectivity index (χ1) is 9.93. The maximum Gasteiger partial charge on any atom is 0.416 e.